The van der Waals surface area contributed by atoms with Crippen LogP contribution in [0.1, 0.15) is 12.8 Å². The Bertz CT molecular complexity index is 526. The lowest BCUT2D eigenvalue weighted by Gasteiger charge is -2.04. The minimum atomic E-state index is -0.977. The molecular formula is C11H12ClN3O2. The quantitative estimate of drug-likeness (QED) is 0.827. The molecule has 0 bridgehead atoms. The van der Waals surface area contributed by atoms with E-state index >= 15 is 0 Å². The van der Waals surface area contributed by atoms with Gasteiger partial charge in [0.15, 0.2) is 0 Å². The maximum absolute atomic E-state index is 10.5. The van der Waals surface area contributed by atoms with Gasteiger partial charge in [-0.05, 0) is 25.0 Å². The highest BCUT2D eigenvalue weighted by Gasteiger charge is 2.13. The number of carboxylic acid groups (broad SMARTS) is 1. The molecular weight excluding hydrogens is 242 g/mol. The number of carbonyl (C=O) groups is 1. The molecule has 0 amide bonds. The van der Waals surface area contributed by atoms with Crippen LogP contribution in [0.2, 0.25) is 0 Å². The molecule has 2 rings (SSSR count). The first kappa shape index (κ1) is 11.9. The molecule has 0 saturated carbocycles. The van der Waals surface area contributed by atoms with Crippen LogP contribution in [0, 0.1) is 0 Å². The second kappa shape index (κ2) is 5.14. The van der Waals surface area contributed by atoms with Crippen LogP contribution in [0.4, 0.5) is 0 Å². The van der Waals surface area contributed by atoms with Crippen LogP contribution in [0.5, 0.6) is 0 Å². The average molecular weight is 254 g/mol. The van der Waals surface area contributed by atoms with E-state index in [1.54, 1.807) is 4.68 Å². The second-order valence-electron chi connectivity index (χ2n) is 3.75. The Morgan fingerprint density at radius 3 is 3.00 bits per heavy atom. The van der Waals surface area contributed by atoms with E-state index in [1.807, 2.05) is 24.3 Å². The maximum atomic E-state index is 10.5. The van der Waals surface area contributed by atoms with Gasteiger partial charge >= 0.3 is 5.97 Å². The smallest absolute Gasteiger partial charge is 0.321 e. The Morgan fingerprint density at radius 1 is 1.47 bits per heavy atom. The summed E-state index contributed by atoms with van der Waals surface area (Å²) in [5, 5.41) is 15.8. The van der Waals surface area contributed by atoms with Gasteiger partial charge in [-0.15, -0.1) is 16.7 Å². The Labute approximate surface area is 103 Å². The van der Waals surface area contributed by atoms with E-state index in [0.29, 0.717) is 19.4 Å². The van der Waals surface area contributed by atoms with Gasteiger partial charge < -0.3 is 5.11 Å². The summed E-state index contributed by atoms with van der Waals surface area (Å²) in [6.07, 6.45) is 1.08. The Hall–Kier alpha value is -1.62. The first-order valence-electron chi connectivity index (χ1n) is 5.33. The van der Waals surface area contributed by atoms with Crippen molar-refractivity contribution in [2.24, 2.45) is 0 Å². The number of aliphatic carboxylic acids is 1. The van der Waals surface area contributed by atoms with E-state index in [-0.39, 0.29) is 0 Å². The van der Waals surface area contributed by atoms with Crippen LogP contribution in [0.15, 0.2) is 24.3 Å². The summed E-state index contributed by atoms with van der Waals surface area (Å²) in [4.78, 5) is 10.5. The van der Waals surface area contributed by atoms with Gasteiger partial charge in [0.05, 0.1) is 5.52 Å². The molecule has 1 N–H and O–H groups in total. The Balaban J connectivity index is 1.98. The van der Waals surface area contributed by atoms with E-state index in [2.05, 4.69) is 10.3 Å². The van der Waals surface area contributed by atoms with Gasteiger partial charge in [-0.2, -0.15) is 0 Å². The molecule has 1 atom stereocenters. The van der Waals surface area contributed by atoms with Crippen molar-refractivity contribution in [3.8, 4) is 0 Å². The van der Waals surface area contributed by atoms with Crippen molar-refractivity contribution in [1.29, 1.82) is 0 Å². The Kier molecular flexibility index (Phi) is 3.58. The van der Waals surface area contributed by atoms with Crippen molar-refractivity contribution in [1.82, 2.24) is 15.0 Å². The van der Waals surface area contributed by atoms with E-state index in [0.717, 1.165) is 11.0 Å². The Morgan fingerprint density at radius 2 is 2.24 bits per heavy atom. The monoisotopic (exact) mass is 253 g/mol. The largest absolute Gasteiger partial charge is 0.480 e. The van der Waals surface area contributed by atoms with Crippen molar-refractivity contribution >= 4 is 28.6 Å². The van der Waals surface area contributed by atoms with E-state index in [1.165, 1.54) is 0 Å². The molecule has 6 heteroatoms. The fraction of sp³-hybridized carbons (Fsp3) is 0.364. The highest BCUT2D eigenvalue weighted by molar-refractivity contribution is 6.29. The number of halogens is 1. The van der Waals surface area contributed by atoms with Gasteiger partial charge in [-0.1, -0.05) is 17.3 Å². The fourth-order valence-corrected chi connectivity index (χ4v) is 1.78. The molecule has 1 aromatic heterocycles. The number of fused-ring (bicyclic) bond motifs is 1. The van der Waals surface area contributed by atoms with Gasteiger partial charge in [-0.25, -0.2) is 4.68 Å². The van der Waals surface area contributed by atoms with Crippen LogP contribution < -0.4 is 0 Å². The number of nitrogens with zero attached hydrogens (tertiary/aromatic N) is 3. The summed E-state index contributed by atoms with van der Waals surface area (Å²) in [6, 6.07) is 7.65. The number of rotatable bonds is 5. The van der Waals surface area contributed by atoms with Crippen LogP contribution in [-0.4, -0.2) is 31.4 Å². The molecule has 1 unspecified atom stereocenters. The minimum absolute atomic E-state index is 0.422. The third kappa shape index (κ3) is 2.74. The molecule has 0 spiro atoms. The minimum Gasteiger partial charge on any atom is -0.480 e. The maximum Gasteiger partial charge on any atom is 0.321 e. The summed E-state index contributed by atoms with van der Waals surface area (Å²) in [5.74, 6) is -0.977. The van der Waals surface area contributed by atoms with Gasteiger partial charge in [0.25, 0.3) is 0 Å². The van der Waals surface area contributed by atoms with E-state index < -0.39 is 11.3 Å². The lowest BCUT2D eigenvalue weighted by molar-refractivity contribution is -0.136. The highest BCUT2D eigenvalue weighted by Crippen LogP contribution is 2.12. The van der Waals surface area contributed by atoms with Crippen molar-refractivity contribution in [2.75, 3.05) is 0 Å². The molecule has 17 heavy (non-hydrogen) atoms. The summed E-state index contributed by atoms with van der Waals surface area (Å²) in [6.45, 7) is 0.622. The predicted molar refractivity (Wildman–Crippen MR) is 64.0 cm³/mol. The molecule has 0 saturated heterocycles. The van der Waals surface area contributed by atoms with Crippen molar-refractivity contribution in [2.45, 2.75) is 24.8 Å². The molecule has 2 aromatic rings. The molecule has 0 aliphatic carbocycles. The number of hydrogen-bond donors (Lipinski definition) is 1. The number of alkyl halides is 1. The number of para-hydroxylation sites is 1. The molecule has 90 valence electrons. The van der Waals surface area contributed by atoms with Gasteiger partial charge in [0, 0.05) is 6.54 Å². The van der Waals surface area contributed by atoms with Crippen LogP contribution in [-0.2, 0) is 11.3 Å². The SMILES string of the molecule is O=C(O)C(Cl)CCCn1nnc2ccccc21. The number of aromatic nitrogens is 3. The lowest BCUT2D eigenvalue weighted by atomic mass is 10.2. The molecule has 0 aliphatic rings. The molecule has 1 heterocycles. The summed E-state index contributed by atoms with van der Waals surface area (Å²) in [7, 11) is 0. The normalized spacial score (nSPS) is 12.8. The predicted octanol–water partition coefficient (Wildman–Crippen LogP) is 1.90. The summed E-state index contributed by atoms with van der Waals surface area (Å²) < 4.78 is 1.76. The molecule has 1 aromatic carbocycles. The molecule has 5 nitrogen and oxygen atoms in total. The number of benzene rings is 1. The van der Waals surface area contributed by atoms with E-state index in [4.69, 9.17) is 16.7 Å². The lowest BCUT2D eigenvalue weighted by Crippen LogP contribution is -2.14. The zero-order valence-electron chi connectivity index (χ0n) is 9.08. The molecule has 0 radical (unpaired) electrons. The third-order valence-corrected chi connectivity index (χ3v) is 2.92. The topological polar surface area (TPSA) is 68.0 Å². The van der Waals surface area contributed by atoms with E-state index in [9.17, 15) is 4.79 Å². The zero-order chi connectivity index (χ0) is 12.3. The zero-order valence-corrected chi connectivity index (χ0v) is 9.84. The highest BCUT2D eigenvalue weighted by atomic mass is 35.5. The van der Waals surface area contributed by atoms with Crippen molar-refractivity contribution in [3.05, 3.63) is 24.3 Å². The molecule has 0 fully saturated rings. The number of hydrogen-bond acceptors (Lipinski definition) is 3. The second-order valence-corrected chi connectivity index (χ2v) is 4.28. The molecule has 0 aliphatic heterocycles. The first-order valence-corrected chi connectivity index (χ1v) is 5.77. The van der Waals surface area contributed by atoms with Gasteiger partial charge in [0.1, 0.15) is 10.9 Å². The summed E-state index contributed by atoms with van der Waals surface area (Å²) in [5.41, 5.74) is 1.79. The number of carboxylic acids is 1. The third-order valence-electron chi connectivity index (χ3n) is 2.52. The standard InChI is InChI=1S/C11H12ClN3O2/c12-8(11(16)17)4-3-7-15-10-6-2-1-5-9(10)13-14-15/h1-2,5-6,8H,3-4,7H2,(H,16,17). The van der Waals surface area contributed by atoms with Crippen LogP contribution >= 0.6 is 11.6 Å². The van der Waals surface area contributed by atoms with Crippen molar-refractivity contribution in [3.63, 3.8) is 0 Å². The van der Waals surface area contributed by atoms with Crippen LogP contribution in [0.3, 0.4) is 0 Å². The van der Waals surface area contributed by atoms with Gasteiger partial charge in [-0.3, -0.25) is 4.79 Å². The van der Waals surface area contributed by atoms with Gasteiger partial charge in [0.2, 0.25) is 0 Å². The first-order chi connectivity index (χ1) is 8.18. The average Bonchev–Trinajstić information content (AvgIpc) is 2.72. The van der Waals surface area contributed by atoms with Crippen LogP contribution in [0.25, 0.3) is 11.0 Å². The fourth-order valence-electron chi connectivity index (χ4n) is 1.63. The number of aryl methyl sites for hydroxylation is 1. The van der Waals surface area contributed by atoms with Crippen molar-refractivity contribution < 1.29 is 9.90 Å². The summed E-state index contributed by atoms with van der Waals surface area (Å²) >= 11 is 5.63.